The van der Waals surface area contributed by atoms with Gasteiger partial charge in [0.25, 0.3) is 11.1 Å². The van der Waals surface area contributed by atoms with Gasteiger partial charge in [-0.2, -0.15) is 13.2 Å². The highest BCUT2D eigenvalue weighted by molar-refractivity contribution is 8.18. The van der Waals surface area contributed by atoms with Crippen LogP contribution in [0.15, 0.2) is 47.4 Å². The standard InChI is InChI=1S/C18H10Cl2F3NO2S/c19-13-6-3-11(7-14(13)20)9-24-16(25)15(27-17(24)26)8-10-1-4-12(5-2-10)18(21,22)23/h1-8H,9H2/b15-8-. The molecule has 1 saturated heterocycles. The normalized spacial score (nSPS) is 16.5. The first-order chi connectivity index (χ1) is 12.6. The third kappa shape index (κ3) is 4.48. The van der Waals surface area contributed by atoms with Crippen LogP contribution in [0, 0.1) is 0 Å². The van der Waals surface area contributed by atoms with E-state index in [0.717, 1.165) is 28.8 Å². The van der Waals surface area contributed by atoms with Gasteiger partial charge in [-0.25, -0.2) is 0 Å². The molecule has 2 aromatic carbocycles. The second kappa shape index (κ2) is 7.58. The predicted octanol–water partition coefficient (Wildman–Crippen LogP) is 6.25. The molecule has 1 fully saturated rings. The number of thioether (sulfide) groups is 1. The summed E-state index contributed by atoms with van der Waals surface area (Å²) in [4.78, 5) is 25.8. The smallest absolute Gasteiger partial charge is 0.268 e. The van der Waals surface area contributed by atoms with Crippen LogP contribution in [0.2, 0.25) is 10.0 Å². The topological polar surface area (TPSA) is 37.4 Å². The predicted molar refractivity (Wildman–Crippen MR) is 99.4 cm³/mol. The van der Waals surface area contributed by atoms with E-state index in [1.165, 1.54) is 18.2 Å². The fourth-order valence-electron chi connectivity index (χ4n) is 2.38. The first-order valence-electron chi connectivity index (χ1n) is 7.52. The fourth-order valence-corrected chi connectivity index (χ4v) is 3.54. The summed E-state index contributed by atoms with van der Waals surface area (Å²) in [6, 6.07) is 9.11. The Labute approximate surface area is 166 Å². The molecule has 0 aromatic heterocycles. The molecule has 0 unspecified atom stereocenters. The Morgan fingerprint density at radius 2 is 1.67 bits per heavy atom. The minimum atomic E-state index is -4.43. The number of hydrogen-bond donors (Lipinski definition) is 0. The number of imide groups is 1. The van der Waals surface area contributed by atoms with E-state index in [4.69, 9.17) is 23.2 Å². The fraction of sp³-hybridized carbons (Fsp3) is 0.111. The molecule has 0 radical (unpaired) electrons. The molecule has 2 aromatic rings. The zero-order valence-electron chi connectivity index (χ0n) is 13.4. The van der Waals surface area contributed by atoms with Gasteiger partial charge in [0.2, 0.25) is 0 Å². The average molecular weight is 432 g/mol. The number of alkyl halides is 3. The largest absolute Gasteiger partial charge is 0.416 e. The summed E-state index contributed by atoms with van der Waals surface area (Å²) in [6.07, 6.45) is -3.05. The Balaban J connectivity index is 1.78. The SMILES string of the molecule is O=C1S/C(=C\c2ccc(C(F)(F)F)cc2)C(=O)N1Cc1ccc(Cl)c(Cl)c1. The number of nitrogens with zero attached hydrogens (tertiary/aromatic N) is 1. The lowest BCUT2D eigenvalue weighted by molar-refractivity contribution is -0.137. The van der Waals surface area contributed by atoms with Gasteiger partial charge in [0, 0.05) is 0 Å². The van der Waals surface area contributed by atoms with Crippen LogP contribution in [-0.2, 0) is 17.5 Å². The second-order valence-electron chi connectivity index (χ2n) is 5.64. The summed E-state index contributed by atoms with van der Waals surface area (Å²) in [7, 11) is 0. The Morgan fingerprint density at radius 1 is 1.00 bits per heavy atom. The molecule has 1 aliphatic heterocycles. The van der Waals surface area contributed by atoms with E-state index in [2.05, 4.69) is 0 Å². The van der Waals surface area contributed by atoms with Crippen LogP contribution in [-0.4, -0.2) is 16.0 Å². The molecule has 3 nitrogen and oxygen atoms in total. The highest BCUT2D eigenvalue weighted by atomic mass is 35.5. The van der Waals surface area contributed by atoms with Gasteiger partial charge < -0.3 is 0 Å². The molecule has 0 aliphatic carbocycles. The van der Waals surface area contributed by atoms with Gasteiger partial charge in [0.15, 0.2) is 0 Å². The van der Waals surface area contributed by atoms with Crippen molar-refractivity contribution in [1.29, 1.82) is 0 Å². The second-order valence-corrected chi connectivity index (χ2v) is 7.44. The molecule has 0 saturated carbocycles. The monoisotopic (exact) mass is 431 g/mol. The van der Waals surface area contributed by atoms with E-state index in [1.54, 1.807) is 18.2 Å². The van der Waals surface area contributed by atoms with Gasteiger partial charge in [0.05, 0.1) is 27.1 Å². The molecule has 1 aliphatic rings. The van der Waals surface area contributed by atoms with Crippen molar-refractivity contribution in [3.63, 3.8) is 0 Å². The lowest BCUT2D eigenvalue weighted by Crippen LogP contribution is -2.27. The van der Waals surface area contributed by atoms with Crippen molar-refractivity contribution < 1.29 is 22.8 Å². The van der Waals surface area contributed by atoms with E-state index in [9.17, 15) is 22.8 Å². The van der Waals surface area contributed by atoms with Gasteiger partial charge >= 0.3 is 6.18 Å². The molecular formula is C18H10Cl2F3NO2S. The summed E-state index contributed by atoms with van der Waals surface area (Å²) >= 11 is 12.5. The highest BCUT2D eigenvalue weighted by Gasteiger charge is 2.35. The Morgan fingerprint density at radius 3 is 2.26 bits per heavy atom. The zero-order valence-corrected chi connectivity index (χ0v) is 15.7. The molecule has 0 bridgehead atoms. The summed E-state index contributed by atoms with van der Waals surface area (Å²) in [5, 5.41) is 0.197. The third-order valence-electron chi connectivity index (χ3n) is 3.73. The number of amides is 2. The molecule has 3 rings (SSSR count). The molecule has 27 heavy (non-hydrogen) atoms. The summed E-state index contributed by atoms with van der Waals surface area (Å²) in [5.74, 6) is -0.518. The first kappa shape index (κ1) is 19.8. The highest BCUT2D eigenvalue weighted by Crippen LogP contribution is 2.35. The van der Waals surface area contributed by atoms with Gasteiger partial charge in [-0.15, -0.1) is 0 Å². The minimum Gasteiger partial charge on any atom is -0.268 e. The number of benzene rings is 2. The van der Waals surface area contributed by atoms with Crippen molar-refractivity contribution in [1.82, 2.24) is 4.90 Å². The van der Waals surface area contributed by atoms with Crippen molar-refractivity contribution in [2.45, 2.75) is 12.7 Å². The quantitative estimate of drug-likeness (QED) is 0.539. The van der Waals surface area contributed by atoms with E-state index >= 15 is 0 Å². The lowest BCUT2D eigenvalue weighted by Gasteiger charge is -2.13. The van der Waals surface area contributed by atoms with Crippen molar-refractivity contribution in [2.75, 3.05) is 0 Å². The van der Waals surface area contributed by atoms with Gasteiger partial charge in [-0.1, -0.05) is 41.4 Å². The van der Waals surface area contributed by atoms with Crippen LogP contribution in [0.4, 0.5) is 18.0 Å². The summed E-state index contributed by atoms with van der Waals surface area (Å²) in [6.45, 7) is 0.0197. The molecule has 2 amide bonds. The van der Waals surface area contributed by atoms with E-state index in [0.29, 0.717) is 21.2 Å². The average Bonchev–Trinajstić information content (AvgIpc) is 2.85. The van der Waals surface area contributed by atoms with Crippen LogP contribution in [0.1, 0.15) is 16.7 Å². The van der Waals surface area contributed by atoms with Crippen molar-refractivity contribution in [3.8, 4) is 0 Å². The Kier molecular flexibility index (Phi) is 5.55. The van der Waals surface area contributed by atoms with Crippen LogP contribution < -0.4 is 0 Å². The maximum absolute atomic E-state index is 12.6. The van der Waals surface area contributed by atoms with Gasteiger partial charge in [0.1, 0.15) is 0 Å². The molecule has 9 heteroatoms. The molecular weight excluding hydrogens is 422 g/mol. The zero-order chi connectivity index (χ0) is 19.8. The third-order valence-corrected chi connectivity index (χ3v) is 5.38. The Bertz CT molecular complexity index is 943. The molecule has 0 N–H and O–H groups in total. The first-order valence-corrected chi connectivity index (χ1v) is 9.09. The van der Waals surface area contributed by atoms with E-state index in [-0.39, 0.29) is 11.4 Å². The van der Waals surface area contributed by atoms with Crippen LogP contribution in [0.5, 0.6) is 0 Å². The van der Waals surface area contributed by atoms with Crippen molar-refractivity contribution >= 4 is 52.2 Å². The number of rotatable bonds is 3. The van der Waals surface area contributed by atoms with Crippen LogP contribution in [0.25, 0.3) is 6.08 Å². The maximum atomic E-state index is 12.6. The number of hydrogen-bond acceptors (Lipinski definition) is 3. The number of carbonyl (C=O) groups is 2. The van der Waals surface area contributed by atoms with Crippen LogP contribution >= 0.6 is 35.0 Å². The Hall–Kier alpha value is -1.96. The maximum Gasteiger partial charge on any atom is 0.416 e. The van der Waals surface area contributed by atoms with Gasteiger partial charge in [-0.3, -0.25) is 14.5 Å². The molecule has 0 spiro atoms. The van der Waals surface area contributed by atoms with Crippen molar-refractivity contribution in [3.05, 3.63) is 74.1 Å². The van der Waals surface area contributed by atoms with Gasteiger partial charge in [-0.05, 0) is 53.2 Å². The van der Waals surface area contributed by atoms with E-state index in [1.807, 2.05) is 0 Å². The van der Waals surface area contributed by atoms with Crippen LogP contribution in [0.3, 0.4) is 0 Å². The summed E-state index contributed by atoms with van der Waals surface area (Å²) in [5.41, 5.74) is 0.234. The number of halogens is 5. The molecule has 0 atom stereocenters. The van der Waals surface area contributed by atoms with Crippen molar-refractivity contribution in [2.24, 2.45) is 0 Å². The minimum absolute atomic E-state index is 0.0197. The molecule has 140 valence electrons. The van der Waals surface area contributed by atoms with E-state index < -0.39 is 22.9 Å². The summed E-state index contributed by atoms with van der Waals surface area (Å²) < 4.78 is 37.8. The lowest BCUT2D eigenvalue weighted by atomic mass is 10.1. The molecule has 1 heterocycles. The number of carbonyl (C=O) groups excluding carboxylic acids is 2.